The van der Waals surface area contributed by atoms with E-state index in [4.69, 9.17) is 0 Å². The van der Waals surface area contributed by atoms with E-state index in [1.807, 2.05) is 91.0 Å². The fourth-order valence-electron chi connectivity index (χ4n) is 5.11. The first-order chi connectivity index (χ1) is 19.8. The minimum absolute atomic E-state index is 0.0574. The Bertz CT molecular complexity index is 1410. The molecule has 0 radical (unpaired) electrons. The van der Waals surface area contributed by atoms with E-state index in [1.165, 1.54) is 23.3 Å². The smallest absolute Gasteiger partial charge is 0.247 e. The molecular formula is C33H39N3O4S. The summed E-state index contributed by atoms with van der Waals surface area (Å²) in [5, 5.41) is 3.07. The molecule has 0 bridgehead atoms. The second-order valence-corrected chi connectivity index (χ2v) is 12.5. The molecule has 1 aliphatic carbocycles. The molecule has 2 amide bonds. The van der Waals surface area contributed by atoms with Gasteiger partial charge in [0, 0.05) is 19.6 Å². The molecule has 0 heterocycles. The van der Waals surface area contributed by atoms with Gasteiger partial charge in [0.2, 0.25) is 21.8 Å². The summed E-state index contributed by atoms with van der Waals surface area (Å²) in [6, 6.07) is 26.9. The first-order valence-corrected chi connectivity index (χ1v) is 16.0. The fourth-order valence-corrected chi connectivity index (χ4v) is 5.83. The molecule has 4 rings (SSSR count). The Morgan fingerprint density at radius 2 is 1.41 bits per heavy atom. The number of rotatable bonds is 13. The SMILES string of the molecule is CS(=O)(=O)N(CC(=O)N(Cc1ccccc1)[C@@H](C(=O)NCCC1=CCCCC1)c1ccccc1)Cc1ccccc1. The molecule has 1 aliphatic rings. The molecule has 41 heavy (non-hydrogen) atoms. The molecule has 0 saturated heterocycles. The van der Waals surface area contributed by atoms with Gasteiger partial charge in [-0.05, 0) is 48.8 Å². The topological polar surface area (TPSA) is 86.8 Å². The summed E-state index contributed by atoms with van der Waals surface area (Å²) in [6.07, 6.45) is 8.66. The summed E-state index contributed by atoms with van der Waals surface area (Å²) < 4.78 is 26.7. The minimum atomic E-state index is -3.72. The van der Waals surface area contributed by atoms with Crippen LogP contribution >= 0.6 is 0 Å². The zero-order chi connectivity index (χ0) is 29.1. The van der Waals surface area contributed by atoms with E-state index in [9.17, 15) is 18.0 Å². The van der Waals surface area contributed by atoms with Crippen molar-refractivity contribution < 1.29 is 18.0 Å². The average Bonchev–Trinajstić information content (AvgIpc) is 2.98. The highest BCUT2D eigenvalue weighted by Crippen LogP contribution is 2.25. The summed E-state index contributed by atoms with van der Waals surface area (Å²) in [7, 11) is -3.72. The standard InChI is InChI=1S/C33H39N3O4S/c1-41(39,40)35(24-28-16-8-3-9-17-28)26-31(37)36(25-29-18-10-4-11-19-29)32(30-20-12-5-13-21-30)33(38)34-23-22-27-14-6-2-7-15-27/h3-5,8-14,16-21,32H,2,6-7,15,22-26H2,1H3,(H,34,38)/t32-/m1/s1. The van der Waals surface area contributed by atoms with Gasteiger partial charge < -0.3 is 10.2 Å². The van der Waals surface area contributed by atoms with E-state index in [-0.39, 0.29) is 25.5 Å². The minimum Gasteiger partial charge on any atom is -0.354 e. The highest BCUT2D eigenvalue weighted by molar-refractivity contribution is 7.88. The highest BCUT2D eigenvalue weighted by Gasteiger charge is 2.33. The summed E-state index contributed by atoms with van der Waals surface area (Å²) >= 11 is 0. The molecular weight excluding hydrogens is 534 g/mol. The maximum Gasteiger partial charge on any atom is 0.247 e. The maximum absolute atomic E-state index is 14.1. The number of amides is 2. The molecule has 8 heteroatoms. The maximum atomic E-state index is 14.1. The Balaban J connectivity index is 1.63. The van der Waals surface area contributed by atoms with Gasteiger partial charge in [-0.2, -0.15) is 4.31 Å². The Hall–Kier alpha value is -3.75. The average molecular weight is 574 g/mol. The third-order valence-electron chi connectivity index (χ3n) is 7.30. The number of allylic oxidation sites excluding steroid dienone is 1. The third kappa shape index (κ3) is 9.13. The van der Waals surface area contributed by atoms with Crippen molar-refractivity contribution in [3.63, 3.8) is 0 Å². The highest BCUT2D eigenvalue weighted by atomic mass is 32.2. The van der Waals surface area contributed by atoms with E-state index in [0.717, 1.165) is 41.0 Å². The fraction of sp³-hybridized carbons (Fsp3) is 0.333. The van der Waals surface area contributed by atoms with E-state index in [0.29, 0.717) is 12.1 Å². The first kappa shape index (κ1) is 30.2. The normalized spacial score (nSPS) is 14.2. The lowest BCUT2D eigenvalue weighted by Crippen LogP contribution is -2.47. The quantitative estimate of drug-likeness (QED) is 0.284. The first-order valence-electron chi connectivity index (χ1n) is 14.1. The van der Waals surface area contributed by atoms with Crippen LogP contribution in [0.3, 0.4) is 0 Å². The van der Waals surface area contributed by atoms with Crippen LogP contribution in [0.4, 0.5) is 0 Å². The van der Waals surface area contributed by atoms with Crippen LogP contribution in [0.25, 0.3) is 0 Å². The van der Waals surface area contributed by atoms with Crippen molar-refractivity contribution in [1.29, 1.82) is 0 Å². The van der Waals surface area contributed by atoms with E-state index in [1.54, 1.807) is 0 Å². The summed E-state index contributed by atoms with van der Waals surface area (Å²) in [5.41, 5.74) is 3.64. The molecule has 0 unspecified atom stereocenters. The van der Waals surface area contributed by atoms with Crippen LogP contribution < -0.4 is 5.32 Å². The molecule has 0 aliphatic heterocycles. The number of benzene rings is 3. The zero-order valence-corrected chi connectivity index (χ0v) is 24.4. The molecule has 1 N–H and O–H groups in total. The molecule has 1 atom stereocenters. The predicted molar refractivity (Wildman–Crippen MR) is 162 cm³/mol. The van der Waals surface area contributed by atoms with Crippen molar-refractivity contribution in [2.75, 3.05) is 19.3 Å². The molecule has 0 fully saturated rings. The Labute approximate surface area is 243 Å². The van der Waals surface area contributed by atoms with E-state index < -0.39 is 22.0 Å². The van der Waals surface area contributed by atoms with Gasteiger partial charge in [-0.1, -0.05) is 103 Å². The number of carbonyl (C=O) groups excluding carboxylic acids is 2. The predicted octanol–water partition coefficient (Wildman–Crippen LogP) is 5.23. The lowest BCUT2D eigenvalue weighted by Gasteiger charge is -2.33. The van der Waals surface area contributed by atoms with Crippen molar-refractivity contribution in [3.8, 4) is 0 Å². The number of nitrogens with zero attached hydrogens (tertiary/aromatic N) is 2. The van der Waals surface area contributed by atoms with Gasteiger partial charge in [0.1, 0.15) is 6.04 Å². The third-order valence-corrected chi connectivity index (χ3v) is 8.50. The van der Waals surface area contributed by atoms with Crippen molar-refractivity contribution in [2.45, 2.75) is 51.2 Å². The second kappa shape index (κ2) is 14.8. The van der Waals surface area contributed by atoms with Crippen LogP contribution in [-0.2, 0) is 32.7 Å². The van der Waals surface area contributed by atoms with Gasteiger partial charge in [0.15, 0.2) is 0 Å². The molecule has 7 nitrogen and oxygen atoms in total. The second-order valence-electron chi connectivity index (χ2n) is 10.5. The molecule has 0 spiro atoms. The van der Waals surface area contributed by atoms with Crippen molar-refractivity contribution >= 4 is 21.8 Å². The summed E-state index contributed by atoms with van der Waals surface area (Å²) in [4.78, 5) is 29.4. The van der Waals surface area contributed by atoms with Gasteiger partial charge in [-0.3, -0.25) is 9.59 Å². The van der Waals surface area contributed by atoms with Crippen LogP contribution in [0.1, 0.15) is 54.8 Å². The molecule has 0 saturated carbocycles. The van der Waals surface area contributed by atoms with Gasteiger partial charge in [-0.15, -0.1) is 0 Å². The molecule has 0 aromatic heterocycles. The molecule has 216 valence electrons. The van der Waals surface area contributed by atoms with E-state index in [2.05, 4.69) is 11.4 Å². The van der Waals surface area contributed by atoms with Crippen molar-refractivity contribution in [2.24, 2.45) is 0 Å². The van der Waals surface area contributed by atoms with Gasteiger partial charge in [-0.25, -0.2) is 8.42 Å². The molecule has 3 aromatic carbocycles. The lowest BCUT2D eigenvalue weighted by atomic mass is 9.97. The van der Waals surface area contributed by atoms with Crippen LogP contribution in [0, 0.1) is 0 Å². The van der Waals surface area contributed by atoms with Gasteiger partial charge in [0.25, 0.3) is 0 Å². The Morgan fingerprint density at radius 1 is 0.829 bits per heavy atom. The van der Waals surface area contributed by atoms with Crippen LogP contribution in [0.2, 0.25) is 0 Å². The number of carbonyl (C=O) groups is 2. The monoisotopic (exact) mass is 573 g/mol. The Kier molecular flexibility index (Phi) is 10.9. The number of hydrogen-bond acceptors (Lipinski definition) is 4. The van der Waals surface area contributed by atoms with Gasteiger partial charge >= 0.3 is 0 Å². The summed E-state index contributed by atoms with van der Waals surface area (Å²) in [5.74, 6) is -0.736. The largest absolute Gasteiger partial charge is 0.354 e. The van der Waals surface area contributed by atoms with Crippen LogP contribution in [0.15, 0.2) is 103 Å². The summed E-state index contributed by atoms with van der Waals surface area (Å²) in [6.45, 7) is 0.303. The number of nitrogens with one attached hydrogen (secondary N) is 1. The zero-order valence-electron chi connectivity index (χ0n) is 23.6. The van der Waals surface area contributed by atoms with Crippen LogP contribution in [-0.4, -0.2) is 48.8 Å². The van der Waals surface area contributed by atoms with E-state index >= 15 is 0 Å². The van der Waals surface area contributed by atoms with Crippen LogP contribution in [0.5, 0.6) is 0 Å². The van der Waals surface area contributed by atoms with Gasteiger partial charge in [0.05, 0.1) is 12.8 Å². The van der Waals surface area contributed by atoms with Crippen molar-refractivity contribution in [3.05, 3.63) is 119 Å². The van der Waals surface area contributed by atoms with Crippen molar-refractivity contribution in [1.82, 2.24) is 14.5 Å². The number of hydrogen-bond donors (Lipinski definition) is 1. The Morgan fingerprint density at radius 3 is 1.98 bits per heavy atom. The molecule has 3 aromatic rings. The number of sulfonamides is 1. The lowest BCUT2D eigenvalue weighted by molar-refractivity contribution is -0.141.